The summed E-state index contributed by atoms with van der Waals surface area (Å²) in [5.74, 6) is 5.30. The summed E-state index contributed by atoms with van der Waals surface area (Å²) < 4.78 is 36.6. The van der Waals surface area contributed by atoms with E-state index in [0.717, 1.165) is 11.8 Å². The van der Waals surface area contributed by atoms with Crippen LogP contribution >= 0.6 is 0 Å². The fourth-order valence-corrected chi connectivity index (χ4v) is 2.83. The zero-order chi connectivity index (χ0) is 15.6. The average Bonchev–Trinajstić information content (AvgIpc) is 2.43. The molecule has 0 saturated heterocycles. The van der Waals surface area contributed by atoms with Crippen molar-refractivity contribution in [1.29, 1.82) is 0 Å². The highest BCUT2D eigenvalue weighted by Crippen LogP contribution is 2.25. The third kappa shape index (κ3) is 3.47. The van der Waals surface area contributed by atoms with Gasteiger partial charge < -0.3 is 0 Å². The van der Waals surface area contributed by atoms with Gasteiger partial charge in [0.05, 0.1) is 10.9 Å². The van der Waals surface area contributed by atoms with E-state index in [1.54, 1.807) is 37.3 Å². The van der Waals surface area contributed by atoms with Crippen molar-refractivity contribution in [1.82, 2.24) is 5.43 Å². The highest BCUT2D eigenvalue weighted by atomic mass is 32.2. The average molecular weight is 308 g/mol. The molecule has 0 aliphatic heterocycles. The molecule has 0 spiro atoms. The Morgan fingerprint density at radius 1 is 1.14 bits per heavy atom. The van der Waals surface area contributed by atoms with Gasteiger partial charge in [-0.25, -0.2) is 18.2 Å². The van der Waals surface area contributed by atoms with Gasteiger partial charge in [0.15, 0.2) is 9.84 Å². The van der Waals surface area contributed by atoms with E-state index in [2.05, 4.69) is 5.43 Å². The van der Waals surface area contributed by atoms with Crippen LogP contribution in [0.1, 0.15) is 22.7 Å². The molecule has 0 aromatic heterocycles. The van der Waals surface area contributed by atoms with E-state index < -0.39 is 15.9 Å². The number of nitrogens with one attached hydrogen (secondary N) is 1. The summed E-state index contributed by atoms with van der Waals surface area (Å²) in [4.78, 5) is 0.221. The van der Waals surface area contributed by atoms with Crippen LogP contribution in [0, 0.1) is 12.7 Å². The summed E-state index contributed by atoms with van der Waals surface area (Å²) >= 11 is 0. The molecule has 2 aromatic carbocycles. The monoisotopic (exact) mass is 308 g/mol. The molecule has 6 heteroatoms. The molecule has 3 N–H and O–H groups in total. The minimum atomic E-state index is -3.29. The van der Waals surface area contributed by atoms with Crippen molar-refractivity contribution < 1.29 is 12.8 Å². The number of aryl methyl sites for hydroxylation is 1. The van der Waals surface area contributed by atoms with Crippen molar-refractivity contribution in [3.05, 3.63) is 65.0 Å². The maximum Gasteiger partial charge on any atom is 0.175 e. The molecule has 2 aromatic rings. The van der Waals surface area contributed by atoms with Crippen LogP contribution in [0.3, 0.4) is 0 Å². The van der Waals surface area contributed by atoms with E-state index in [4.69, 9.17) is 5.84 Å². The molecule has 0 fully saturated rings. The maximum atomic E-state index is 13.4. The molecule has 0 amide bonds. The van der Waals surface area contributed by atoms with E-state index in [1.165, 1.54) is 12.1 Å². The first-order valence-corrected chi connectivity index (χ1v) is 8.24. The molecule has 0 aliphatic carbocycles. The normalized spacial score (nSPS) is 13.1. The fraction of sp³-hybridized carbons (Fsp3) is 0.200. The lowest BCUT2D eigenvalue weighted by atomic mass is 9.98. The first-order valence-electron chi connectivity index (χ1n) is 6.35. The molecular weight excluding hydrogens is 291 g/mol. The van der Waals surface area contributed by atoms with Gasteiger partial charge in [-0.3, -0.25) is 5.84 Å². The van der Waals surface area contributed by atoms with Crippen LogP contribution < -0.4 is 11.3 Å². The van der Waals surface area contributed by atoms with Crippen molar-refractivity contribution in [2.45, 2.75) is 17.9 Å². The van der Waals surface area contributed by atoms with E-state index in [9.17, 15) is 12.8 Å². The SMILES string of the molecule is Cc1cc(C(NN)c2cccc(S(C)(=O)=O)c2)ccc1F. The van der Waals surface area contributed by atoms with Crippen LogP contribution in [0.5, 0.6) is 0 Å². The Bertz CT molecular complexity index is 760. The smallest absolute Gasteiger partial charge is 0.175 e. The van der Waals surface area contributed by atoms with Crippen molar-refractivity contribution in [3.63, 3.8) is 0 Å². The number of hydrogen-bond acceptors (Lipinski definition) is 4. The summed E-state index contributed by atoms with van der Waals surface area (Å²) in [5.41, 5.74) is 4.62. The third-order valence-electron chi connectivity index (χ3n) is 3.30. The minimum absolute atomic E-state index is 0.221. The Morgan fingerprint density at radius 2 is 1.81 bits per heavy atom. The molecular formula is C15H17FN2O2S. The second-order valence-electron chi connectivity index (χ2n) is 4.95. The zero-order valence-corrected chi connectivity index (χ0v) is 12.6. The van der Waals surface area contributed by atoms with E-state index >= 15 is 0 Å². The first-order chi connectivity index (χ1) is 9.82. The van der Waals surface area contributed by atoms with Crippen LogP contribution in [-0.2, 0) is 9.84 Å². The lowest BCUT2D eigenvalue weighted by Crippen LogP contribution is -2.29. The number of halogens is 1. The number of hydrogen-bond donors (Lipinski definition) is 2. The van der Waals surface area contributed by atoms with Gasteiger partial charge in [0, 0.05) is 6.26 Å². The van der Waals surface area contributed by atoms with Crippen LogP contribution in [0.2, 0.25) is 0 Å². The van der Waals surface area contributed by atoms with Crippen molar-refractivity contribution in [3.8, 4) is 0 Å². The van der Waals surface area contributed by atoms with E-state index in [-0.39, 0.29) is 10.7 Å². The lowest BCUT2D eigenvalue weighted by Gasteiger charge is -2.18. The number of sulfone groups is 1. The summed E-state index contributed by atoms with van der Waals surface area (Å²) in [6, 6.07) is 10.8. The molecule has 0 aliphatic rings. The number of hydrazine groups is 1. The Balaban J connectivity index is 2.49. The number of rotatable bonds is 4. The molecule has 2 rings (SSSR count). The molecule has 0 radical (unpaired) electrons. The third-order valence-corrected chi connectivity index (χ3v) is 4.41. The maximum absolute atomic E-state index is 13.4. The quantitative estimate of drug-likeness (QED) is 0.670. The predicted octanol–water partition coefficient (Wildman–Crippen LogP) is 2.09. The summed E-state index contributed by atoms with van der Waals surface area (Å²) in [6.07, 6.45) is 1.15. The van der Waals surface area contributed by atoms with Crippen molar-refractivity contribution in [2.24, 2.45) is 5.84 Å². The summed E-state index contributed by atoms with van der Waals surface area (Å²) in [6.45, 7) is 1.67. The second-order valence-corrected chi connectivity index (χ2v) is 6.97. The fourth-order valence-electron chi connectivity index (χ4n) is 2.16. The summed E-state index contributed by atoms with van der Waals surface area (Å²) in [5, 5.41) is 0. The Labute approximate surface area is 123 Å². The number of nitrogens with two attached hydrogens (primary N) is 1. The van der Waals surface area contributed by atoms with Gasteiger partial charge in [-0.2, -0.15) is 0 Å². The van der Waals surface area contributed by atoms with Gasteiger partial charge in [-0.05, 0) is 41.8 Å². The standard InChI is InChI=1S/C15H17FN2O2S/c1-10-8-12(6-7-14(10)16)15(18-17)11-4-3-5-13(9-11)21(2,19)20/h3-9,15,18H,17H2,1-2H3. The topological polar surface area (TPSA) is 72.2 Å². The lowest BCUT2D eigenvalue weighted by molar-refractivity contribution is 0.599. The minimum Gasteiger partial charge on any atom is -0.271 e. The van der Waals surface area contributed by atoms with Crippen LogP contribution in [0.25, 0.3) is 0 Å². The molecule has 1 unspecified atom stereocenters. The zero-order valence-electron chi connectivity index (χ0n) is 11.8. The van der Waals surface area contributed by atoms with Crippen LogP contribution in [0.4, 0.5) is 4.39 Å². The van der Waals surface area contributed by atoms with Gasteiger partial charge in [0.2, 0.25) is 0 Å². The molecule has 1 atom stereocenters. The summed E-state index contributed by atoms with van der Waals surface area (Å²) in [7, 11) is -3.29. The largest absolute Gasteiger partial charge is 0.271 e. The molecule has 4 nitrogen and oxygen atoms in total. The van der Waals surface area contributed by atoms with Crippen LogP contribution in [-0.4, -0.2) is 14.7 Å². The van der Waals surface area contributed by atoms with Gasteiger partial charge in [0.25, 0.3) is 0 Å². The first kappa shape index (κ1) is 15.6. The Hall–Kier alpha value is -1.76. The molecule has 0 saturated carbocycles. The van der Waals surface area contributed by atoms with Crippen molar-refractivity contribution in [2.75, 3.05) is 6.26 Å². The predicted molar refractivity (Wildman–Crippen MR) is 79.9 cm³/mol. The van der Waals surface area contributed by atoms with Crippen LogP contribution in [0.15, 0.2) is 47.4 Å². The van der Waals surface area contributed by atoms with E-state index in [1.807, 2.05) is 0 Å². The highest BCUT2D eigenvalue weighted by molar-refractivity contribution is 7.90. The van der Waals surface area contributed by atoms with Gasteiger partial charge in [0.1, 0.15) is 5.82 Å². The van der Waals surface area contributed by atoms with Crippen molar-refractivity contribution >= 4 is 9.84 Å². The van der Waals surface area contributed by atoms with Gasteiger partial charge in [-0.15, -0.1) is 0 Å². The van der Waals surface area contributed by atoms with E-state index in [0.29, 0.717) is 11.1 Å². The molecule has 0 heterocycles. The molecule has 0 bridgehead atoms. The van der Waals surface area contributed by atoms with Gasteiger partial charge in [-0.1, -0.05) is 24.3 Å². The molecule has 21 heavy (non-hydrogen) atoms. The Kier molecular flexibility index (Phi) is 4.41. The molecule has 112 valence electrons. The van der Waals surface area contributed by atoms with Gasteiger partial charge >= 0.3 is 0 Å². The highest BCUT2D eigenvalue weighted by Gasteiger charge is 2.16. The second kappa shape index (κ2) is 5.93. The Morgan fingerprint density at radius 3 is 2.38 bits per heavy atom. The number of benzene rings is 2.